The lowest BCUT2D eigenvalue weighted by molar-refractivity contribution is 0.0963. The average Bonchev–Trinajstić information content (AvgIpc) is 2.90. The van der Waals surface area contributed by atoms with E-state index in [9.17, 15) is 4.79 Å². The van der Waals surface area contributed by atoms with Gasteiger partial charge in [-0.3, -0.25) is 9.78 Å². The largest absolute Gasteiger partial charge is 0.355 e. The molecule has 3 rings (SSSR count). The number of rotatable bonds is 2. The number of hydrogen-bond donors (Lipinski definition) is 1. The molecular weight excluding hydrogens is 260 g/mol. The number of carbonyl (C=O) groups excluding carboxylic acids is 1. The molecule has 1 amide bonds. The van der Waals surface area contributed by atoms with Crippen molar-refractivity contribution in [3.8, 4) is 10.6 Å². The fourth-order valence-electron chi connectivity index (χ4n) is 1.70. The van der Waals surface area contributed by atoms with Crippen LogP contribution in [0.25, 0.3) is 20.9 Å². The Morgan fingerprint density at radius 3 is 3.00 bits per heavy atom. The van der Waals surface area contributed by atoms with Crippen LogP contribution in [0.5, 0.6) is 0 Å². The van der Waals surface area contributed by atoms with Gasteiger partial charge in [0.25, 0.3) is 5.91 Å². The Morgan fingerprint density at radius 2 is 2.26 bits per heavy atom. The molecule has 3 heterocycles. The number of hydrogen-bond acceptors (Lipinski definition) is 5. The number of nitrogens with zero attached hydrogens (tertiary/aromatic N) is 3. The Kier molecular flexibility index (Phi) is 2.92. The minimum Gasteiger partial charge on any atom is -0.355 e. The van der Waals surface area contributed by atoms with E-state index in [4.69, 9.17) is 0 Å². The number of aromatic nitrogens is 3. The van der Waals surface area contributed by atoms with Crippen LogP contribution >= 0.6 is 11.3 Å². The summed E-state index contributed by atoms with van der Waals surface area (Å²) in [6.07, 6.45) is 5.02. The quantitative estimate of drug-likeness (QED) is 0.774. The molecule has 1 N–H and O–H groups in total. The number of nitrogens with one attached hydrogen (secondary N) is 1. The first kappa shape index (κ1) is 11.7. The number of carbonyl (C=O) groups is 1. The van der Waals surface area contributed by atoms with Crippen molar-refractivity contribution in [2.45, 2.75) is 0 Å². The van der Waals surface area contributed by atoms with E-state index in [0.29, 0.717) is 11.2 Å². The zero-order valence-corrected chi connectivity index (χ0v) is 10.9. The summed E-state index contributed by atoms with van der Waals surface area (Å²) in [6.45, 7) is 0. The van der Waals surface area contributed by atoms with Crippen molar-refractivity contribution >= 4 is 27.6 Å². The summed E-state index contributed by atoms with van der Waals surface area (Å²) in [6, 6.07) is 5.62. The van der Waals surface area contributed by atoms with Gasteiger partial charge in [0.15, 0.2) is 5.65 Å². The van der Waals surface area contributed by atoms with E-state index < -0.39 is 0 Å². The second kappa shape index (κ2) is 4.74. The summed E-state index contributed by atoms with van der Waals surface area (Å²) >= 11 is 1.50. The highest BCUT2D eigenvalue weighted by atomic mass is 32.1. The summed E-state index contributed by atoms with van der Waals surface area (Å²) in [5, 5.41) is 3.43. The monoisotopic (exact) mass is 270 g/mol. The first-order valence-electron chi connectivity index (χ1n) is 5.67. The van der Waals surface area contributed by atoms with Gasteiger partial charge in [0.05, 0.1) is 10.3 Å². The second-order valence-corrected chi connectivity index (χ2v) is 4.92. The maximum absolute atomic E-state index is 11.6. The van der Waals surface area contributed by atoms with Gasteiger partial charge in [-0.25, -0.2) is 9.97 Å². The van der Waals surface area contributed by atoms with Gasteiger partial charge in [0, 0.05) is 31.2 Å². The third kappa shape index (κ3) is 2.17. The van der Waals surface area contributed by atoms with Crippen LogP contribution in [0.3, 0.4) is 0 Å². The van der Waals surface area contributed by atoms with Crippen LogP contribution in [0.2, 0.25) is 0 Å². The summed E-state index contributed by atoms with van der Waals surface area (Å²) < 4.78 is 0.889. The standard InChI is InChI=1S/C13H10N4OS/c1-14-12(18)9-5-10-11(16-7-9)17-13(19-10)8-3-2-4-15-6-8/h2-7H,1H3,(H,14,18). The Labute approximate surface area is 113 Å². The van der Waals surface area contributed by atoms with Crippen LogP contribution in [-0.4, -0.2) is 27.9 Å². The zero-order chi connectivity index (χ0) is 13.2. The summed E-state index contributed by atoms with van der Waals surface area (Å²) in [5.74, 6) is -0.147. The molecule has 0 fully saturated rings. The van der Waals surface area contributed by atoms with Crippen molar-refractivity contribution in [1.82, 2.24) is 20.3 Å². The lowest BCUT2D eigenvalue weighted by Gasteiger charge is -1.97. The highest BCUT2D eigenvalue weighted by molar-refractivity contribution is 7.21. The van der Waals surface area contributed by atoms with Crippen molar-refractivity contribution in [3.05, 3.63) is 42.4 Å². The minimum absolute atomic E-state index is 0.147. The smallest absolute Gasteiger partial charge is 0.252 e. The molecule has 0 aliphatic heterocycles. The van der Waals surface area contributed by atoms with E-state index >= 15 is 0 Å². The molecule has 94 valence electrons. The van der Waals surface area contributed by atoms with Crippen LogP contribution in [0.1, 0.15) is 10.4 Å². The molecule has 0 bridgehead atoms. The molecule has 0 aliphatic rings. The Bertz CT molecular complexity index is 739. The lowest BCUT2D eigenvalue weighted by Crippen LogP contribution is -2.17. The maximum Gasteiger partial charge on any atom is 0.252 e. The fourth-order valence-corrected chi connectivity index (χ4v) is 2.66. The molecule has 0 atom stereocenters. The van der Waals surface area contributed by atoms with Crippen LogP contribution in [0, 0.1) is 0 Å². The predicted octanol–water partition coefficient (Wildman–Crippen LogP) is 2.11. The number of amides is 1. The number of fused-ring (bicyclic) bond motifs is 1. The molecule has 5 nitrogen and oxygen atoms in total. The van der Waals surface area contributed by atoms with Crippen LogP contribution in [-0.2, 0) is 0 Å². The molecular formula is C13H10N4OS. The van der Waals surface area contributed by atoms with Gasteiger partial charge in [-0.05, 0) is 18.2 Å². The van der Waals surface area contributed by atoms with E-state index in [1.165, 1.54) is 17.5 Å². The summed E-state index contributed by atoms with van der Waals surface area (Å²) in [5.41, 5.74) is 2.14. The van der Waals surface area contributed by atoms with Gasteiger partial charge in [-0.2, -0.15) is 0 Å². The van der Waals surface area contributed by atoms with Gasteiger partial charge in [-0.15, -0.1) is 11.3 Å². The fraction of sp³-hybridized carbons (Fsp3) is 0.0769. The molecule has 0 saturated heterocycles. The highest BCUT2D eigenvalue weighted by Crippen LogP contribution is 2.28. The van der Waals surface area contributed by atoms with Gasteiger partial charge < -0.3 is 5.32 Å². The van der Waals surface area contributed by atoms with E-state index in [1.54, 1.807) is 25.5 Å². The van der Waals surface area contributed by atoms with Gasteiger partial charge in [0.2, 0.25) is 0 Å². The number of pyridine rings is 2. The molecule has 3 aromatic heterocycles. The van der Waals surface area contributed by atoms with E-state index in [1.807, 2.05) is 12.1 Å². The van der Waals surface area contributed by atoms with Gasteiger partial charge >= 0.3 is 0 Å². The van der Waals surface area contributed by atoms with Crippen LogP contribution in [0.15, 0.2) is 36.8 Å². The third-order valence-electron chi connectivity index (χ3n) is 2.64. The minimum atomic E-state index is -0.147. The van der Waals surface area contributed by atoms with Crippen LogP contribution < -0.4 is 5.32 Å². The molecule has 0 radical (unpaired) electrons. The van der Waals surface area contributed by atoms with Crippen molar-refractivity contribution in [3.63, 3.8) is 0 Å². The summed E-state index contributed by atoms with van der Waals surface area (Å²) in [7, 11) is 1.60. The van der Waals surface area contributed by atoms with E-state index in [2.05, 4.69) is 20.3 Å². The van der Waals surface area contributed by atoms with Crippen molar-refractivity contribution in [1.29, 1.82) is 0 Å². The molecule has 0 spiro atoms. The lowest BCUT2D eigenvalue weighted by atomic mass is 10.2. The third-order valence-corrected chi connectivity index (χ3v) is 3.69. The summed E-state index contributed by atoms with van der Waals surface area (Å²) in [4.78, 5) is 24.3. The van der Waals surface area contributed by atoms with E-state index in [-0.39, 0.29) is 5.91 Å². The zero-order valence-electron chi connectivity index (χ0n) is 10.1. The topological polar surface area (TPSA) is 67.8 Å². The Hall–Kier alpha value is -2.34. The SMILES string of the molecule is CNC(=O)c1cnc2nc(-c3cccnc3)sc2c1. The molecule has 6 heteroatoms. The van der Waals surface area contributed by atoms with Crippen LogP contribution in [0.4, 0.5) is 0 Å². The predicted molar refractivity (Wildman–Crippen MR) is 74.0 cm³/mol. The second-order valence-electron chi connectivity index (χ2n) is 3.89. The molecule has 0 aliphatic carbocycles. The number of thiazole rings is 1. The average molecular weight is 270 g/mol. The van der Waals surface area contributed by atoms with Crippen molar-refractivity contribution < 1.29 is 4.79 Å². The van der Waals surface area contributed by atoms with Crippen molar-refractivity contribution in [2.24, 2.45) is 0 Å². The first-order chi connectivity index (χ1) is 9.28. The maximum atomic E-state index is 11.6. The Balaban J connectivity index is 2.09. The molecule has 19 heavy (non-hydrogen) atoms. The molecule has 0 aromatic carbocycles. The van der Waals surface area contributed by atoms with Crippen molar-refractivity contribution in [2.75, 3.05) is 7.05 Å². The molecule has 3 aromatic rings. The van der Waals surface area contributed by atoms with E-state index in [0.717, 1.165) is 15.3 Å². The normalized spacial score (nSPS) is 10.6. The highest BCUT2D eigenvalue weighted by Gasteiger charge is 2.10. The van der Waals surface area contributed by atoms with Gasteiger partial charge in [-0.1, -0.05) is 0 Å². The Morgan fingerprint density at radius 1 is 1.37 bits per heavy atom. The molecule has 0 unspecified atom stereocenters. The first-order valence-corrected chi connectivity index (χ1v) is 6.48. The van der Waals surface area contributed by atoms with Gasteiger partial charge in [0.1, 0.15) is 5.01 Å². The molecule has 0 saturated carbocycles.